The lowest BCUT2D eigenvalue weighted by atomic mass is 10.1. The van der Waals surface area contributed by atoms with E-state index in [-0.39, 0.29) is 6.61 Å². The van der Waals surface area contributed by atoms with Crippen molar-refractivity contribution < 1.29 is 9.15 Å². The third kappa shape index (κ3) is 3.28. The van der Waals surface area contributed by atoms with Crippen LogP contribution in [-0.2, 0) is 6.61 Å². The summed E-state index contributed by atoms with van der Waals surface area (Å²) >= 11 is 6.09. The highest BCUT2D eigenvalue weighted by atomic mass is 35.5. The largest absolute Gasteiger partial charge is 0.482 e. The van der Waals surface area contributed by atoms with Gasteiger partial charge in [-0.05, 0) is 43.7 Å². The van der Waals surface area contributed by atoms with Crippen LogP contribution in [-0.4, -0.2) is 10.2 Å². The Balaban J connectivity index is 1.73. The fourth-order valence-corrected chi connectivity index (χ4v) is 2.24. The van der Waals surface area contributed by atoms with Gasteiger partial charge in [0.1, 0.15) is 5.75 Å². The summed E-state index contributed by atoms with van der Waals surface area (Å²) in [5.41, 5.74) is 3.11. The normalized spacial score (nSPS) is 10.7. The van der Waals surface area contributed by atoms with Crippen LogP contribution in [0.3, 0.4) is 0 Å². The van der Waals surface area contributed by atoms with Gasteiger partial charge in [0, 0.05) is 5.56 Å². The summed E-state index contributed by atoms with van der Waals surface area (Å²) < 4.78 is 11.3. The van der Waals surface area contributed by atoms with Crippen LogP contribution in [0.2, 0.25) is 5.02 Å². The molecule has 0 aliphatic rings. The van der Waals surface area contributed by atoms with E-state index in [1.165, 1.54) is 0 Å². The first kappa shape index (κ1) is 14.6. The minimum atomic E-state index is 0.183. The Morgan fingerprint density at radius 2 is 1.86 bits per heavy atom. The zero-order chi connectivity index (χ0) is 15.5. The molecule has 5 heteroatoms. The molecule has 0 spiro atoms. The lowest BCUT2D eigenvalue weighted by Gasteiger charge is -2.06. The molecule has 0 aliphatic heterocycles. The third-order valence-corrected chi connectivity index (χ3v) is 3.48. The van der Waals surface area contributed by atoms with Crippen molar-refractivity contribution in [3.63, 3.8) is 0 Å². The molecule has 0 unspecified atom stereocenters. The first-order valence-electron chi connectivity index (χ1n) is 6.90. The number of aromatic nitrogens is 2. The molecule has 0 radical (unpaired) electrons. The van der Waals surface area contributed by atoms with Gasteiger partial charge in [-0.25, -0.2) is 0 Å². The molecular formula is C17H15ClN2O2. The summed E-state index contributed by atoms with van der Waals surface area (Å²) in [5, 5.41) is 8.61. The van der Waals surface area contributed by atoms with Crippen molar-refractivity contribution in [3.8, 4) is 17.2 Å². The number of rotatable bonds is 4. The van der Waals surface area contributed by atoms with Gasteiger partial charge in [0.05, 0.1) is 5.02 Å². The zero-order valence-electron chi connectivity index (χ0n) is 12.3. The molecule has 0 N–H and O–H groups in total. The second-order valence-corrected chi connectivity index (χ2v) is 5.50. The lowest BCUT2D eigenvalue weighted by molar-refractivity contribution is 0.264. The van der Waals surface area contributed by atoms with Gasteiger partial charge in [0.25, 0.3) is 5.89 Å². The molecule has 0 saturated carbocycles. The van der Waals surface area contributed by atoms with Crippen LogP contribution in [0, 0.1) is 13.8 Å². The topological polar surface area (TPSA) is 48.2 Å². The Bertz CT molecular complexity index is 799. The Labute approximate surface area is 133 Å². The van der Waals surface area contributed by atoms with Gasteiger partial charge in [0.2, 0.25) is 5.89 Å². The molecule has 22 heavy (non-hydrogen) atoms. The van der Waals surface area contributed by atoms with E-state index in [1.54, 1.807) is 6.07 Å². The molecule has 0 amide bonds. The van der Waals surface area contributed by atoms with Gasteiger partial charge in [0.15, 0.2) is 6.61 Å². The van der Waals surface area contributed by atoms with Gasteiger partial charge in [-0.15, -0.1) is 10.2 Å². The van der Waals surface area contributed by atoms with Crippen molar-refractivity contribution in [3.05, 3.63) is 64.5 Å². The van der Waals surface area contributed by atoms with E-state index >= 15 is 0 Å². The van der Waals surface area contributed by atoms with E-state index in [4.69, 9.17) is 20.8 Å². The highest BCUT2D eigenvalue weighted by molar-refractivity contribution is 6.32. The molecule has 1 aromatic heterocycles. The van der Waals surface area contributed by atoms with Crippen molar-refractivity contribution >= 4 is 11.6 Å². The molecule has 4 nitrogen and oxygen atoms in total. The predicted octanol–water partition coefficient (Wildman–Crippen LogP) is 4.59. The van der Waals surface area contributed by atoms with Crippen LogP contribution in [0.25, 0.3) is 11.5 Å². The van der Waals surface area contributed by atoms with Crippen LogP contribution in [0.5, 0.6) is 5.75 Å². The minimum absolute atomic E-state index is 0.183. The smallest absolute Gasteiger partial charge is 0.254 e. The van der Waals surface area contributed by atoms with Gasteiger partial charge in [-0.1, -0.05) is 35.4 Å². The van der Waals surface area contributed by atoms with Crippen LogP contribution in [0.1, 0.15) is 17.0 Å². The van der Waals surface area contributed by atoms with E-state index in [0.717, 1.165) is 16.7 Å². The molecule has 0 saturated heterocycles. The summed E-state index contributed by atoms with van der Waals surface area (Å²) in [6, 6.07) is 13.5. The summed E-state index contributed by atoms with van der Waals surface area (Å²) in [6.45, 7) is 4.18. The van der Waals surface area contributed by atoms with Crippen LogP contribution in [0.15, 0.2) is 46.9 Å². The Hall–Kier alpha value is -2.33. The fraction of sp³-hybridized carbons (Fsp3) is 0.176. The quantitative estimate of drug-likeness (QED) is 0.707. The number of benzene rings is 2. The second kappa shape index (κ2) is 6.20. The molecule has 3 rings (SSSR count). The Kier molecular flexibility index (Phi) is 4.11. The molecule has 0 fully saturated rings. The molecule has 2 aromatic carbocycles. The first-order chi connectivity index (χ1) is 10.6. The van der Waals surface area contributed by atoms with E-state index in [9.17, 15) is 0 Å². The summed E-state index contributed by atoms with van der Waals surface area (Å²) in [5.74, 6) is 1.50. The maximum absolute atomic E-state index is 6.09. The van der Waals surface area contributed by atoms with Crippen LogP contribution in [0.4, 0.5) is 0 Å². The average Bonchev–Trinajstić information content (AvgIpc) is 2.97. The molecule has 0 atom stereocenters. The first-order valence-corrected chi connectivity index (χ1v) is 7.28. The molecule has 0 bridgehead atoms. The standard InChI is InChI=1S/C17H15ClN2O2/c1-11-4-3-5-13(8-11)17-20-19-16(22-17)10-21-15-9-12(2)6-7-14(15)18/h3-9H,10H2,1-2H3. The van der Waals surface area contributed by atoms with E-state index in [2.05, 4.69) is 10.2 Å². The number of halogens is 1. The fourth-order valence-electron chi connectivity index (χ4n) is 2.07. The van der Waals surface area contributed by atoms with Crippen LogP contribution >= 0.6 is 11.6 Å². The number of hydrogen-bond acceptors (Lipinski definition) is 4. The number of nitrogens with zero attached hydrogens (tertiary/aromatic N) is 2. The second-order valence-electron chi connectivity index (χ2n) is 5.09. The third-order valence-electron chi connectivity index (χ3n) is 3.17. The maximum atomic E-state index is 6.09. The predicted molar refractivity (Wildman–Crippen MR) is 85.0 cm³/mol. The molecule has 112 valence electrons. The monoisotopic (exact) mass is 314 g/mol. The van der Waals surface area contributed by atoms with Crippen LogP contribution < -0.4 is 4.74 Å². The Morgan fingerprint density at radius 3 is 2.68 bits per heavy atom. The molecular weight excluding hydrogens is 300 g/mol. The molecule has 3 aromatic rings. The zero-order valence-corrected chi connectivity index (χ0v) is 13.1. The maximum Gasteiger partial charge on any atom is 0.254 e. The highest BCUT2D eigenvalue weighted by Gasteiger charge is 2.10. The molecule has 0 aliphatic carbocycles. The van der Waals surface area contributed by atoms with Gasteiger partial charge >= 0.3 is 0 Å². The van der Waals surface area contributed by atoms with Gasteiger partial charge in [-0.2, -0.15) is 0 Å². The van der Waals surface area contributed by atoms with Crippen molar-refractivity contribution in [2.45, 2.75) is 20.5 Å². The van der Waals surface area contributed by atoms with E-state index in [0.29, 0.717) is 22.6 Å². The highest BCUT2D eigenvalue weighted by Crippen LogP contribution is 2.26. The summed E-state index contributed by atoms with van der Waals surface area (Å²) in [6.07, 6.45) is 0. The number of hydrogen-bond donors (Lipinski definition) is 0. The molecule has 1 heterocycles. The Morgan fingerprint density at radius 1 is 1.05 bits per heavy atom. The van der Waals surface area contributed by atoms with E-state index in [1.807, 2.05) is 50.2 Å². The van der Waals surface area contributed by atoms with E-state index < -0.39 is 0 Å². The van der Waals surface area contributed by atoms with Crippen molar-refractivity contribution in [1.29, 1.82) is 0 Å². The van der Waals surface area contributed by atoms with Crippen molar-refractivity contribution in [1.82, 2.24) is 10.2 Å². The summed E-state index contributed by atoms with van der Waals surface area (Å²) in [7, 11) is 0. The average molecular weight is 315 g/mol. The van der Waals surface area contributed by atoms with Crippen molar-refractivity contribution in [2.75, 3.05) is 0 Å². The SMILES string of the molecule is Cc1cccc(-c2nnc(COc3cc(C)ccc3Cl)o2)c1. The van der Waals surface area contributed by atoms with Crippen molar-refractivity contribution in [2.24, 2.45) is 0 Å². The lowest BCUT2D eigenvalue weighted by Crippen LogP contribution is -1.96. The summed E-state index contributed by atoms with van der Waals surface area (Å²) in [4.78, 5) is 0. The minimum Gasteiger partial charge on any atom is -0.482 e. The van der Waals surface area contributed by atoms with Gasteiger partial charge in [-0.3, -0.25) is 0 Å². The number of aryl methyl sites for hydroxylation is 2. The number of ether oxygens (including phenoxy) is 1. The van der Waals surface area contributed by atoms with Gasteiger partial charge < -0.3 is 9.15 Å².